The molecule has 1 atom stereocenters. The average molecular weight is 230 g/mol. The molecule has 0 amide bonds. The Morgan fingerprint density at radius 3 is 2.35 bits per heavy atom. The molecule has 0 radical (unpaired) electrons. The van der Waals surface area contributed by atoms with Crippen LogP contribution >= 0.6 is 0 Å². The monoisotopic (exact) mass is 230 g/mol. The molecule has 0 aliphatic heterocycles. The Hall–Kier alpha value is -0.780. The largest absolute Gasteiger partial charge is 0.0651 e. The molecule has 1 aliphatic carbocycles. The highest BCUT2D eigenvalue weighted by Crippen LogP contribution is 2.50. The second-order valence-electron chi connectivity index (χ2n) is 6.96. The van der Waals surface area contributed by atoms with Gasteiger partial charge in [0.05, 0.1) is 0 Å². The van der Waals surface area contributed by atoms with Crippen molar-refractivity contribution in [3.8, 4) is 0 Å². The molecule has 0 aromatic heterocycles. The third-order valence-electron chi connectivity index (χ3n) is 4.87. The van der Waals surface area contributed by atoms with Crippen molar-refractivity contribution in [2.24, 2.45) is 5.92 Å². The van der Waals surface area contributed by atoms with Gasteiger partial charge in [0.15, 0.2) is 0 Å². The fraction of sp³-hybridized carbons (Fsp3) is 0.647. The van der Waals surface area contributed by atoms with Crippen molar-refractivity contribution < 1.29 is 0 Å². The van der Waals surface area contributed by atoms with Gasteiger partial charge in [-0.3, -0.25) is 0 Å². The summed E-state index contributed by atoms with van der Waals surface area (Å²) in [5.41, 5.74) is 5.20. The van der Waals surface area contributed by atoms with Crippen molar-refractivity contribution in [3.63, 3.8) is 0 Å². The number of rotatable bonds is 1. The lowest BCUT2D eigenvalue weighted by Gasteiger charge is -2.47. The van der Waals surface area contributed by atoms with Gasteiger partial charge in [-0.2, -0.15) is 0 Å². The van der Waals surface area contributed by atoms with Gasteiger partial charge in [-0.1, -0.05) is 64.8 Å². The van der Waals surface area contributed by atoms with Gasteiger partial charge in [-0.15, -0.1) is 0 Å². The summed E-state index contributed by atoms with van der Waals surface area (Å²) in [6.07, 6.45) is 2.59. The first kappa shape index (κ1) is 12.7. The highest BCUT2D eigenvalue weighted by Gasteiger charge is 2.42. The summed E-state index contributed by atoms with van der Waals surface area (Å²) in [5, 5.41) is 0. The topological polar surface area (TPSA) is 0 Å². The van der Waals surface area contributed by atoms with Crippen LogP contribution in [0, 0.1) is 12.8 Å². The summed E-state index contributed by atoms with van der Waals surface area (Å²) in [6.45, 7) is 14.2. The van der Waals surface area contributed by atoms with Crippen LogP contribution in [0.25, 0.3) is 0 Å². The Balaban J connectivity index is 2.64. The number of fused-ring (bicyclic) bond motifs is 1. The molecule has 0 nitrogen and oxygen atoms in total. The minimum absolute atomic E-state index is 0.325. The van der Waals surface area contributed by atoms with Gasteiger partial charge in [0.25, 0.3) is 0 Å². The first-order chi connectivity index (χ1) is 7.79. The smallest absolute Gasteiger partial charge is 0.00721 e. The second kappa shape index (κ2) is 3.86. The summed E-state index contributed by atoms with van der Waals surface area (Å²) >= 11 is 0. The molecule has 2 rings (SSSR count). The first-order valence-corrected chi connectivity index (χ1v) is 6.90. The zero-order valence-electron chi connectivity index (χ0n) is 12.2. The summed E-state index contributed by atoms with van der Waals surface area (Å²) in [6, 6.07) is 7.04. The Labute approximate surface area is 106 Å². The number of hydrogen-bond donors (Lipinski definition) is 0. The molecule has 1 aromatic rings. The standard InChI is InChI=1S/C17H26/c1-7-13-11-16(3,4)14-9-8-12(2)10-15(14)17(13,5)6/h8-10,13H,7,11H2,1-6H3/t13-/m0/s1. The van der Waals surface area contributed by atoms with E-state index in [0.29, 0.717) is 10.8 Å². The number of aryl methyl sites for hydroxylation is 1. The van der Waals surface area contributed by atoms with Crippen LogP contribution < -0.4 is 0 Å². The number of hydrogen-bond acceptors (Lipinski definition) is 0. The van der Waals surface area contributed by atoms with E-state index in [9.17, 15) is 0 Å². The van der Waals surface area contributed by atoms with E-state index in [4.69, 9.17) is 0 Å². The maximum Gasteiger partial charge on any atom is -0.00721 e. The Kier molecular flexibility index (Phi) is 2.88. The van der Waals surface area contributed by atoms with Crippen LogP contribution in [0.5, 0.6) is 0 Å². The van der Waals surface area contributed by atoms with Crippen molar-refractivity contribution in [2.75, 3.05) is 0 Å². The predicted octanol–water partition coefficient (Wildman–Crippen LogP) is 4.98. The van der Waals surface area contributed by atoms with E-state index in [1.54, 1.807) is 11.1 Å². The summed E-state index contributed by atoms with van der Waals surface area (Å²) in [5.74, 6) is 0.798. The quantitative estimate of drug-likeness (QED) is 0.638. The fourth-order valence-electron chi connectivity index (χ4n) is 3.64. The van der Waals surface area contributed by atoms with E-state index in [0.717, 1.165) is 5.92 Å². The number of benzene rings is 1. The lowest BCUT2D eigenvalue weighted by atomic mass is 9.57. The summed E-state index contributed by atoms with van der Waals surface area (Å²) < 4.78 is 0. The molecule has 0 spiro atoms. The maximum absolute atomic E-state index is 2.43. The highest BCUT2D eigenvalue weighted by atomic mass is 14.5. The van der Waals surface area contributed by atoms with Gasteiger partial charge < -0.3 is 0 Å². The third kappa shape index (κ3) is 1.92. The second-order valence-corrected chi connectivity index (χ2v) is 6.96. The average Bonchev–Trinajstić information content (AvgIpc) is 2.24. The van der Waals surface area contributed by atoms with Gasteiger partial charge in [0.2, 0.25) is 0 Å². The van der Waals surface area contributed by atoms with Crippen LogP contribution in [-0.4, -0.2) is 0 Å². The Morgan fingerprint density at radius 2 is 1.76 bits per heavy atom. The third-order valence-corrected chi connectivity index (χ3v) is 4.87. The van der Waals surface area contributed by atoms with E-state index in [-0.39, 0.29) is 0 Å². The van der Waals surface area contributed by atoms with Crippen molar-refractivity contribution >= 4 is 0 Å². The highest BCUT2D eigenvalue weighted by molar-refractivity contribution is 5.44. The normalized spacial score (nSPS) is 25.4. The van der Waals surface area contributed by atoms with Crippen molar-refractivity contribution in [1.29, 1.82) is 0 Å². The van der Waals surface area contributed by atoms with Crippen molar-refractivity contribution in [1.82, 2.24) is 0 Å². The van der Waals surface area contributed by atoms with Gasteiger partial charge in [-0.25, -0.2) is 0 Å². The minimum Gasteiger partial charge on any atom is -0.0651 e. The van der Waals surface area contributed by atoms with Crippen molar-refractivity contribution in [2.45, 2.75) is 65.2 Å². The molecule has 0 fully saturated rings. The molecule has 0 heterocycles. The lowest BCUT2D eigenvalue weighted by molar-refractivity contribution is 0.209. The van der Waals surface area contributed by atoms with Crippen LogP contribution in [-0.2, 0) is 10.8 Å². The molecule has 0 heteroatoms. The zero-order chi connectivity index (χ0) is 12.8. The fourth-order valence-corrected chi connectivity index (χ4v) is 3.64. The summed E-state index contributed by atoms with van der Waals surface area (Å²) in [4.78, 5) is 0. The van der Waals surface area contributed by atoms with Crippen LogP contribution in [0.1, 0.15) is 64.2 Å². The van der Waals surface area contributed by atoms with E-state index < -0.39 is 0 Å². The SMILES string of the molecule is CC[C@H]1CC(C)(C)c2ccc(C)cc2C1(C)C. The minimum atomic E-state index is 0.325. The Morgan fingerprint density at radius 1 is 1.12 bits per heavy atom. The van der Waals surface area contributed by atoms with Gasteiger partial charge in [0.1, 0.15) is 0 Å². The van der Waals surface area contributed by atoms with Crippen LogP contribution in [0.15, 0.2) is 18.2 Å². The van der Waals surface area contributed by atoms with Gasteiger partial charge in [0, 0.05) is 0 Å². The van der Waals surface area contributed by atoms with Crippen molar-refractivity contribution in [3.05, 3.63) is 34.9 Å². The Bertz CT molecular complexity index is 424. The van der Waals surface area contributed by atoms with E-state index in [1.165, 1.54) is 18.4 Å². The first-order valence-electron chi connectivity index (χ1n) is 6.90. The van der Waals surface area contributed by atoms with E-state index in [2.05, 4.69) is 59.7 Å². The molecule has 0 saturated heterocycles. The molecule has 0 unspecified atom stereocenters. The summed E-state index contributed by atoms with van der Waals surface area (Å²) in [7, 11) is 0. The molecule has 0 saturated carbocycles. The molecular formula is C17H26. The lowest BCUT2D eigenvalue weighted by Crippen LogP contribution is -2.41. The molecule has 94 valence electrons. The molecule has 1 aliphatic rings. The van der Waals surface area contributed by atoms with Crippen LogP contribution in [0.3, 0.4) is 0 Å². The molecule has 0 N–H and O–H groups in total. The molecular weight excluding hydrogens is 204 g/mol. The van der Waals surface area contributed by atoms with Crippen LogP contribution in [0.4, 0.5) is 0 Å². The zero-order valence-corrected chi connectivity index (χ0v) is 12.2. The maximum atomic E-state index is 2.43. The molecule has 17 heavy (non-hydrogen) atoms. The van der Waals surface area contributed by atoms with Gasteiger partial charge in [-0.05, 0) is 41.2 Å². The molecule has 0 bridgehead atoms. The van der Waals surface area contributed by atoms with E-state index in [1.807, 2.05) is 0 Å². The van der Waals surface area contributed by atoms with Gasteiger partial charge >= 0.3 is 0 Å². The predicted molar refractivity (Wildman–Crippen MR) is 75.6 cm³/mol. The van der Waals surface area contributed by atoms with E-state index >= 15 is 0 Å². The van der Waals surface area contributed by atoms with Crippen LogP contribution in [0.2, 0.25) is 0 Å². The molecule has 1 aromatic carbocycles.